The van der Waals surface area contributed by atoms with Gasteiger partial charge in [-0.2, -0.15) is 0 Å². The molecule has 0 aliphatic heterocycles. The van der Waals surface area contributed by atoms with E-state index in [9.17, 15) is 0 Å². The number of nitrogens with one attached hydrogen (secondary N) is 1. The molecule has 0 spiro atoms. The summed E-state index contributed by atoms with van der Waals surface area (Å²) in [5, 5.41) is 3.15. The molecule has 0 amide bonds. The van der Waals surface area contributed by atoms with E-state index in [0.29, 0.717) is 0 Å². The van der Waals surface area contributed by atoms with Crippen molar-refractivity contribution in [1.82, 2.24) is 10.3 Å². The summed E-state index contributed by atoms with van der Waals surface area (Å²) in [7, 11) is 3.99. The SMILES string of the molecule is CNCc1ccc(N(C)Cc2ccc(Cl)s2)nc1C. The lowest BCUT2D eigenvalue weighted by atomic mass is 10.2. The predicted octanol–water partition coefficient (Wildman–Crippen LogP) is 3.46. The lowest BCUT2D eigenvalue weighted by molar-refractivity contribution is 0.800. The maximum atomic E-state index is 5.95. The molecular weight excluding hydrogens is 278 g/mol. The molecule has 102 valence electrons. The van der Waals surface area contributed by atoms with Crippen LogP contribution in [0.3, 0.4) is 0 Å². The standard InChI is InChI=1S/C14H18ClN3S/c1-10-11(8-16-2)4-7-14(17-10)18(3)9-12-5-6-13(15)19-12/h4-7,16H,8-9H2,1-3H3. The molecule has 0 aliphatic carbocycles. The van der Waals surface area contributed by atoms with Crippen molar-refractivity contribution in [2.24, 2.45) is 0 Å². The first-order chi connectivity index (χ1) is 9.10. The molecule has 2 aromatic rings. The van der Waals surface area contributed by atoms with E-state index >= 15 is 0 Å². The third kappa shape index (κ3) is 3.69. The van der Waals surface area contributed by atoms with Gasteiger partial charge in [0.15, 0.2) is 0 Å². The van der Waals surface area contributed by atoms with Crippen LogP contribution in [0.1, 0.15) is 16.1 Å². The third-order valence-electron chi connectivity index (χ3n) is 2.96. The normalized spacial score (nSPS) is 10.7. The number of aryl methyl sites for hydroxylation is 1. The third-order valence-corrected chi connectivity index (χ3v) is 4.18. The van der Waals surface area contributed by atoms with Crippen molar-refractivity contribution in [1.29, 1.82) is 0 Å². The number of pyridine rings is 1. The smallest absolute Gasteiger partial charge is 0.128 e. The second kappa shape index (κ2) is 6.37. The summed E-state index contributed by atoms with van der Waals surface area (Å²) < 4.78 is 0.830. The molecule has 0 bridgehead atoms. The number of hydrogen-bond acceptors (Lipinski definition) is 4. The minimum Gasteiger partial charge on any atom is -0.355 e. The van der Waals surface area contributed by atoms with Crippen LogP contribution in [0.4, 0.5) is 5.82 Å². The summed E-state index contributed by atoms with van der Waals surface area (Å²) in [5.41, 5.74) is 2.31. The van der Waals surface area contributed by atoms with Gasteiger partial charge in [-0.25, -0.2) is 4.98 Å². The van der Waals surface area contributed by atoms with Crippen LogP contribution in [-0.4, -0.2) is 19.1 Å². The van der Waals surface area contributed by atoms with E-state index < -0.39 is 0 Å². The van der Waals surface area contributed by atoms with Gasteiger partial charge >= 0.3 is 0 Å². The molecule has 5 heteroatoms. The first-order valence-electron chi connectivity index (χ1n) is 6.16. The highest BCUT2D eigenvalue weighted by atomic mass is 35.5. The number of thiophene rings is 1. The highest BCUT2D eigenvalue weighted by Crippen LogP contribution is 2.24. The Morgan fingerprint density at radius 2 is 2.11 bits per heavy atom. The van der Waals surface area contributed by atoms with Gasteiger partial charge in [0.1, 0.15) is 5.82 Å². The first kappa shape index (κ1) is 14.3. The van der Waals surface area contributed by atoms with E-state index in [4.69, 9.17) is 11.6 Å². The van der Waals surface area contributed by atoms with Crippen LogP contribution in [0.5, 0.6) is 0 Å². The van der Waals surface area contributed by atoms with Crippen molar-refractivity contribution in [3.8, 4) is 0 Å². The molecule has 3 nitrogen and oxygen atoms in total. The van der Waals surface area contributed by atoms with Crippen LogP contribution in [-0.2, 0) is 13.1 Å². The van der Waals surface area contributed by atoms with Crippen molar-refractivity contribution < 1.29 is 0 Å². The Kier molecular flexibility index (Phi) is 4.80. The van der Waals surface area contributed by atoms with Crippen LogP contribution in [0.15, 0.2) is 24.3 Å². The molecule has 0 aliphatic rings. The zero-order chi connectivity index (χ0) is 13.8. The molecule has 0 saturated heterocycles. The minimum absolute atomic E-state index is 0.829. The van der Waals surface area contributed by atoms with Crippen molar-refractivity contribution in [2.75, 3.05) is 19.0 Å². The van der Waals surface area contributed by atoms with Gasteiger partial charge < -0.3 is 10.2 Å². The monoisotopic (exact) mass is 295 g/mol. The van der Waals surface area contributed by atoms with Gasteiger partial charge in [-0.05, 0) is 37.7 Å². The fourth-order valence-corrected chi connectivity index (χ4v) is 3.06. The number of hydrogen-bond donors (Lipinski definition) is 1. The van der Waals surface area contributed by atoms with Crippen LogP contribution in [0.2, 0.25) is 4.34 Å². The molecule has 0 unspecified atom stereocenters. The van der Waals surface area contributed by atoms with Crippen molar-refractivity contribution in [3.63, 3.8) is 0 Å². The van der Waals surface area contributed by atoms with Gasteiger partial charge in [-0.3, -0.25) is 0 Å². The van der Waals surface area contributed by atoms with Gasteiger partial charge in [0.25, 0.3) is 0 Å². The van der Waals surface area contributed by atoms with Gasteiger partial charge in [0, 0.05) is 24.2 Å². The van der Waals surface area contributed by atoms with Crippen LogP contribution in [0.25, 0.3) is 0 Å². The number of aromatic nitrogens is 1. The minimum atomic E-state index is 0.829. The fraction of sp³-hybridized carbons (Fsp3) is 0.357. The number of anilines is 1. The Bertz CT molecular complexity index is 553. The highest BCUT2D eigenvalue weighted by Gasteiger charge is 2.07. The Morgan fingerprint density at radius 3 is 2.68 bits per heavy atom. The zero-order valence-electron chi connectivity index (χ0n) is 11.4. The van der Waals surface area contributed by atoms with Gasteiger partial charge in [0.2, 0.25) is 0 Å². The van der Waals surface area contributed by atoms with Gasteiger partial charge in [-0.15, -0.1) is 11.3 Å². The Labute approximate surface area is 123 Å². The Hall–Kier alpha value is -1.10. The predicted molar refractivity (Wildman–Crippen MR) is 83.2 cm³/mol. The molecule has 0 atom stereocenters. The van der Waals surface area contributed by atoms with E-state index in [1.807, 2.05) is 27.1 Å². The maximum absolute atomic E-state index is 5.95. The summed E-state index contributed by atoms with van der Waals surface area (Å²) in [4.78, 5) is 8.03. The quantitative estimate of drug-likeness (QED) is 0.915. The average molecular weight is 296 g/mol. The number of nitrogens with zero attached hydrogens (tertiary/aromatic N) is 2. The maximum Gasteiger partial charge on any atom is 0.128 e. The topological polar surface area (TPSA) is 28.2 Å². The second-order valence-electron chi connectivity index (χ2n) is 4.51. The molecular formula is C14H18ClN3S. The summed E-state index contributed by atoms with van der Waals surface area (Å²) in [6.07, 6.45) is 0. The van der Waals surface area contributed by atoms with Crippen LogP contribution in [0, 0.1) is 6.92 Å². The molecule has 2 aromatic heterocycles. The lowest BCUT2D eigenvalue weighted by Gasteiger charge is -2.18. The first-order valence-corrected chi connectivity index (χ1v) is 7.36. The molecule has 2 heterocycles. The number of rotatable bonds is 5. The van der Waals surface area contributed by atoms with E-state index in [1.54, 1.807) is 11.3 Å². The summed E-state index contributed by atoms with van der Waals surface area (Å²) >= 11 is 7.56. The lowest BCUT2D eigenvalue weighted by Crippen LogP contribution is -2.18. The zero-order valence-corrected chi connectivity index (χ0v) is 13.0. The van der Waals surface area contributed by atoms with Crippen LogP contribution < -0.4 is 10.2 Å². The molecule has 19 heavy (non-hydrogen) atoms. The Morgan fingerprint density at radius 1 is 1.32 bits per heavy atom. The second-order valence-corrected chi connectivity index (χ2v) is 6.31. The molecule has 2 rings (SSSR count). The average Bonchev–Trinajstić information content (AvgIpc) is 2.77. The molecule has 0 aromatic carbocycles. The molecule has 0 saturated carbocycles. The van der Waals surface area contributed by atoms with E-state index in [1.165, 1.54) is 10.4 Å². The molecule has 1 N–H and O–H groups in total. The van der Waals surface area contributed by atoms with Crippen LogP contribution >= 0.6 is 22.9 Å². The highest BCUT2D eigenvalue weighted by molar-refractivity contribution is 7.16. The van der Waals surface area contributed by atoms with E-state index in [2.05, 4.69) is 33.4 Å². The van der Waals surface area contributed by atoms with Gasteiger partial charge in [-0.1, -0.05) is 17.7 Å². The largest absolute Gasteiger partial charge is 0.355 e. The summed E-state index contributed by atoms with van der Waals surface area (Å²) in [6, 6.07) is 8.19. The summed E-state index contributed by atoms with van der Waals surface area (Å²) in [5.74, 6) is 0.988. The summed E-state index contributed by atoms with van der Waals surface area (Å²) in [6.45, 7) is 3.73. The number of halogens is 1. The van der Waals surface area contributed by atoms with Crippen molar-refractivity contribution in [2.45, 2.75) is 20.0 Å². The van der Waals surface area contributed by atoms with E-state index in [-0.39, 0.29) is 0 Å². The van der Waals surface area contributed by atoms with Gasteiger partial charge in [0.05, 0.1) is 10.9 Å². The molecule has 0 fully saturated rings. The van der Waals surface area contributed by atoms with Crippen molar-refractivity contribution in [3.05, 3.63) is 44.7 Å². The van der Waals surface area contributed by atoms with Crippen molar-refractivity contribution >= 4 is 28.8 Å². The molecule has 0 radical (unpaired) electrons. The fourth-order valence-electron chi connectivity index (χ4n) is 1.92. The van der Waals surface area contributed by atoms with E-state index in [0.717, 1.165) is 28.9 Å². The Balaban J connectivity index is 2.10.